The zero-order valence-corrected chi connectivity index (χ0v) is 11.7. The third kappa shape index (κ3) is 21.0. The number of unbranched alkanes of at least 4 members (excludes halogenated alkanes) is 3. The molecule has 10 nitrogen and oxygen atoms in total. The highest BCUT2D eigenvalue weighted by Crippen LogP contribution is 2.01. The van der Waals surface area contributed by atoms with Gasteiger partial charge >= 0.3 is 20.6 Å². The van der Waals surface area contributed by atoms with E-state index in [0.29, 0.717) is 25.7 Å². The van der Waals surface area contributed by atoms with Crippen molar-refractivity contribution >= 4 is 20.6 Å². The Morgan fingerprint density at radius 1 is 0.667 bits per heavy atom. The lowest BCUT2D eigenvalue weighted by Gasteiger charge is -2.02. The van der Waals surface area contributed by atoms with Gasteiger partial charge in [0.1, 0.15) is 0 Å². The number of rotatable bonds is 9. The number of hydrogen-bond donors (Lipinski definition) is 4. The smallest absolute Gasteiger partial charge is 0.333 e. The third-order valence-electron chi connectivity index (χ3n) is 1.53. The average Bonchev–Trinajstić information content (AvgIpc) is 2.06. The summed E-state index contributed by atoms with van der Waals surface area (Å²) in [4.78, 5) is 0. The van der Waals surface area contributed by atoms with Crippen molar-refractivity contribution in [2.75, 3.05) is 13.2 Å². The van der Waals surface area contributed by atoms with Crippen molar-refractivity contribution in [3.8, 4) is 0 Å². The highest BCUT2D eigenvalue weighted by molar-refractivity contribution is 7.84. The van der Waals surface area contributed by atoms with Crippen LogP contribution >= 0.6 is 0 Å². The van der Waals surface area contributed by atoms with Gasteiger partial charge in [0.25, 0.3) is 0 Å². The molecule has 0 rings (SSSR count). The Bertz CT molecular complexity index is 343. The molecule has 0 fully saturated rings. The molecule has 0 aliphatic carbocycles. The van der Waals surface area contributed by atoms with E-state index in [0.717, 1.165) is 0 Å². The van der Waals surface area contributed by atoms with Gasteiger partial charge in [-0.1, -0.05) is 12.8 Å². The summed E-state index contributed by atoms with van der Waals surface area (Å²) in [7, 11) is -7.72. The van der Waals surface area contributed by atoms with Gasteiger partial charge in [0, 0.05) is 0 Å². The van der Waals surface area contributed by atoms with E-state index in [1.165, 1.54) is 0 Å². The summed E-state index contributed by atoms with van der Waals surface area (Å²) < 4.78 is 49.9. The van der Waals surface area contributed by atoms with Gasteiger partial charge in [-0.25, -0.2) is 10.3 Å². The lowest BCUT2D eigenvalue weighted by atomic mass is 10.2. The van der Waals surface area contributed by atoms with Gasteiger partial charge in [-0.05, 0) is 12.8 Å². The van der Waals surface area contributed by atoms with E-state index in [1.807, 2.05) is 0 Å². The molecule has 0 atom stereocenters. The van der Waals surface area contributed by atoms with Gasteiger partial charge in [-0.2, -0.15) is 16.8 Å². The van der Waals surface area contributed by atoms with Crippen molar-refractivity contribution in [2.45, 2.75) is 25.7 Å². The quantitative estimate of drug-likeness (QED) is 0.399. The Labute approximate surface area is 108 Å². The lowest BCUT2D eigenvalue weighted by molar-refractivity contribution is 0.290. The topological polar surface area (TPSA) is 209 Å². The van der Waals surface area contributed by atoms with Crippen LogP contribution in [0.3, 0.4) is 0 Å². The summed E-state index contributed by atoms with van der Waals surface area (Å²) in [5.74, 6) is 0. The molecule has 114 valence electrons. The zero-order chi connectivity index (χ0) is 12.7. The molecule has 0 saturated carbocycles. The minimum atomic E-state index is -3.86. The first kappa shape index (κ1) is 22.8. The number of hydrogen-bond acceptors (Lipinski definition) is 8. The maximum Gasteiger partial charge on any atom is 0.333 e. The van der Waals surface area contributed by atoms with Crippen LogP contribution in [0.5, 0.6) is 0 Å². The van der Waals surface area contributed by atoms with E-state index < -0.39 is 20.6 Å². The average molecular weight is 310 g/mol. The number of nitrogens with two attached hydrogens (primary N) is 2. The fourth-order valence-electron chi connectivity index (χ4n) is 0.908. The molecule has 0 saturated heterocycles. The summed E-state index contributed by atoms with van der Waals surface area (Å²) in [6, 6.07) is 0. The highest BCUT2D eigenvalue weighted by Gasteiger charge is 2.02. The van der Waals surface area contributed by atoms with Crippen LogP contribution in [0, 0.1) is 0 Å². The molecule has 0 aromatic carbocycles. The maximum absolute atomic E-state index is 10.3. The summed E-state index contributed by atoms with van der Waals surface area (Å²) in [6.07, 6.45) is 2.41. The van der Waals surface area contributed by atoms with E-state index in [9.17, 15) is 16.8 Å². The highest BCUT2D eigenvalue weighted by atomic mass is 32.2. The van der Waals surface area contributed by atoms with Crippen LogP contribution in [0.15, 0.2) is 0 Å². The Kier molecular flexibility index (Phi) is 13.4. The molecule has 18 heavy (non-hydrogen) atoms. The van der Waals surface area contributed by atoms with Gasteiger partial charge in [-0.3, -0.25) is 8.37 Å². The molecule has 0 aromatic heterocycles. The molecule has 0 amide bonds. The Balaban J connectivity index is -0.00000112. The van der Waals surface area contributed by atoms with Crippen molar-refractivity contribution < 1.29 is 25.2 Å². The van der Waals surface area contributed by atoms with Crippen molar-refractivity contribution in [3.05, 3.63) is 0 Å². The van der Waals surface area contributed by atoms with Crippen LogP contribution < -0.4 is 22.6 Å². The molecule has 10 N–H and O–H groups in total. The van der Waals surface area contributed by atoms with E-state index in [1.54, 1.807) is 0 Å². The van der Waals surface area contributed by atoms with Crippen molar-refractivity contribution in [3.63, 3.8) is 0 Å². The summed E-state index contributed by atoms with van der Waals surface area (Å²) in [6.45, 7) is 0.0454. The predicted octanol–water partition coefficient (Wildman–Crippen LogP) is -0.689. The van der Waals surface area contributed by atoms with Crippen LogP contribution in [-0.2, 0) is 29.0 Å². The lowest BCUT2D eigenvalue weighted by Crippen LogP contribution is -2.17. The fourth-order valence-corrected chi connectivity index (χ4v) is 1.61. The molecule has 0 radical (unpaired) electrons. The maximum atomic E-state index is 10.3. The molecule has 0 aliphatic heterocycles. The summed E-state index contributed by atoms with van der Waals surface area (Å²) >= 11 is 0. The van der Waals surface area contributed by atoms with Gasteiger partial charge in [0.15, 0.2) is 0 Å². The molecular formula is C6H22N4O6S2. The molecule has 0 aliphatic rings. The summed E-state index contributed by atoms with van der Waals surface area (Å²) in [5, 5.41) is 9.19. The van der Waals surface area contributed by atoms with Gasteiger partial charge < -0.3 is 12.3 Å². The molecule has 0 bridgehead atoms. The Hall–Kier alpha value is -0.340. The van der Waals surface area contributed by atoms with Crippen LogP contribution in [0.4, 0.5) is 0 Å². The van der Waals surface area contributed by atoms with Crippen LogP contribution in [0.2, 0.25) is 0 Å². The van der Waals surface area contributed by atoms with E-state index in [2.05, 4.69) is 18.6 Å². The Morgan fingerprint density at radius 2 is 0.944 bits per heavy atom. The Morgan fingerprint density at radius 3 is 1.17 bits per heavy atom. The second-order valence-electron chi connectivity index (χ2n) is 3.04. The second-order valence-corrected chi connectivity index (χ2v) is 5.49. The third-order valence-corrected chi connectivity index (χ3v) is 2.52. The SMILES string of the molecule is N.N.NS(=O)(=O)OCCCCCCOS(N)(=O)=O. The van der Waals surface area contributed by atoms with Crippen LogP contribution in [0.25, 0.3) is 0 Å². The van der Waals surface area contributed by atoms with Crippen LogP contribution in [0.1, 0.15) is 25.7 Å². The van der Waals surface area contributed by atoms with Gasteiger partial charge in [0.05, 0.1) is 13.2 Å². The predicted molar refractivity (Wildman–Crippen MR) is 66.6 cm³/mol. The van der Waals surface area contributed by atoms with Crippen molar-refractivity contribution in [2.24, 2.45) is 10.3 Å². The fraction of sp³-hybridized carbons (Fsp3) is 1.00. The standard InChI is InChI=1S/C6H16N2O6S2.2H3N/c7-15(9,10)13-5-3-1-2-4-6-14-16(8,11)12;;/h1-6H2,(H2,7,9,10)(H2,8,11,12);2*1H3. The first-order valence-corrected chi connectivity index (χ1v) is 7.49. The molecule has 0 spiro atoms. The van der Waals surface area contributed by atoms with Crippen LogP contribution in [-0.4, -0.2) is 30.0 Å². The minimum absolute atomic E-state index is 0. The summed E-state index contributed by atoms with van der Waals surface area (Å²) in [5.41, 5.74) is 0. The molecule has 0 heterocycles. The zero-order valence-electron chi connectivity index (χ0n) is 10.1. The van der Waals surface area contributed by atoms with Crippen molar-refractivity contribution in [1.82, 2.24) is 12.3 Å². The first-order chi connectivity index (χ1) is 7.21. The van der Waals surface area contributed by atoms with E-state index in [4.69, 9.17) is 0 Å². The minimum Gasteiger partial charge on any atom is -0.344 e. The first-order valence-electron chi connectivity index (χ1n) is 4.55. The van der Waals surface area contributed by atoms with E-state index in [-0.39, 0.29) is 25.5 Å². The molecule has 0 aromatic rings. The monoisotopic (exact) mass is 310 g/mol. The normalized spacial score (nSPS) is 11.4. The van der Waals surface area contributed by atoms with Gasteiger partial charge in [0.2, 0.25) is 0 Å². The van der Waals surface area contributed by atoms with Crippen molar-refractivity contribution in [1.29, 1.82) is 0 Å². The largest absolute Gasteiger partial charge is 0.344 e. The molecular weight excluding hydrogens is 288 g/mol. The van der Waals surface area contributed by atoms with Gasteiger partial charge in [-0.15, -0.1) is 0 Å². The molecule has 0 unspecified atom stereocenters. The van der Waals surface area contributed by atoms with E-state index >= 15 is 0 Å². The molecule has 12 heteroatoms. The second kappa shape index (κ2) is 10.6.